The molecule has 0 atom stereocenters. The van der Waals surface area contributed by atoms with Gasteiger partial charge in [-0.3, -0.25) is 0 Å². The molecular formula is H5ClO4SiY. The Balaban J connectivity index is -0.0000000800. The van der Waals surface area contributed by atoms with E-state index in [4.69, 9.17) is 19.2 Å². The van der Waals surface area contributed by atoms with E-state index in [2.05, 4.69) is 0 Å². The van der Waals surface area contributed by atoms with Crippen LogP contribution in [0.2, 0.25) is 0 Å². The van der Waals surface area contributed by atoms with Gasteiger partial charge in [-0.15, -0.1) is 12.4 Å². The maximum absolute atomic E-state index is 7.33. The summed E-state index contributed by atoms with van der Waals surface area (Å²) in [6.07, 6.45) is 0. The van der Waals surface area contributed by atoms with E-state index in [1.807, 2.05) is 0 Å². The minimum Gasteiger partial charge on any atom is -0.368 e. The first-order chi connectivity index (χ1) is 2.00. The average molecular weight is 221 g/mol. The van der Waals surface area contributed by atoms with Crippen LogP contribution in [0.15, 0.2) is 0 Å². The van der Waals surface area contributed by atoms with Crippen LogP contribution in [0, 0.1) is 0 Å². The van der Waals surface area contributed by atoms with E-state index in [9.17, 15) is 0 Å². The van der Waals surface area contributed by atoms with E-state index in [1.165, 1.54) is 0 Å². The van der Waals surface area contributed by atoms with Gasteiger partial charge in [-0.25, -0.2) is 0 Å². The van der Waals surface area contributed by atoms with Gasteiger partial charge in [0.2, 0.25) is 0 Å². The molecule has 0 aliphatic heterocycles. The van der Waals surface area contributed by atoms with Crippen molar-refractivity contribution in [3.63, 3.8) is 0 Å². The zero-order chi connectivity index (χ0) is 4.50. The van der Waals surface area contributed by atoms with E-state index in [1.54, 1.807) is 0 Å². The summed E-state index contributed by atoms with van der Waals surface area (Å²) in [6, 6.07) is 0. The van der Waals surface area contributed by atoms with E-state index < -0.39 is 9.05 Å². The molecule has 0 rings (SSSR count). The molecule has 0 aliphatic rings. The molecule has 0 heterocycles. The third kappa shape index (κ3) is 105. The van der Waals surface area contributed by atoms with Gasteiger partial charge in [-0.05, 0) is 0 Å². The fourth-order valence-corrected chi connectivity index (χ4v) is 0. The summed E-state index contributed by atoms with van der Waals surface area (Å²) in [6.45, 7) is 0. The van der Waals surface area contributed by atoms with Crippen LogP contribution in [-0.2, 0) is 32.7 Å². The predicted octanol–water partition coefficient (Wildman–Crippen LogP) is -2.19. The number of hydrogen-bond donors (Lipinski definition) is 4. The van der Waals surface area contributed by atoms with Gasteiger partial charge in [0.15, 0.2) is 0 Å². The predicted molar refractivity (Wildman–Crippen MR) is 21.9 cm³/mol. The molecule has 4 nitrogen and oxygen atoms in total. The summed E-state index contributed by atoms with van der Waals surface area (Å²) in [4.78, 5) is 29.3. The second-order valence-electron chi connectivity index (χ2n) is 0.600. The first-order valence-corrected chi connectivity index (χ1v) is 2.68. The Morgan fingerprint density at radius 1 is 0.857 bits per heavy atom. The van der Waals surface area contributed by atoms with Crippen LogP contribution < -0.4 is 0 Å². The first kappa shape index (κ1) is 15.8. The smallest absolute Gasteiger partial charge is 0.368 e. The maximum atomic E-state index is 7.33. The van der Waals surface area contributed by atoms with E-state index in [0.29, 0.717) is 0 Å². The van der Waals surface area contributed by atoms with Crippen LogP contribution in [-0.4, -0.2) is 28.2 Å². The van der Waals surface area contributed by atoms with Crippen LogP contribution in [0.3, 0.4) is 0 Å². The van der Waals surface area contributed by atoms with Gasteiger partial charge in [-0.2, -0.15) is 0 Å². The monoisotopic (exact) mass is 221 g/mol. The molecule has 0 unspecified atom stereocenters. The van der Waals surface area contributed by atoms with Crippen LogP contribution >= 0.6 is 12.4 Å². The molecule has 0 aromatic heterocycles. The Morgan fingerprint density at radius 2 is 0.857 bits per heavy atom. The zero-order valence-electron chi connectivity index (χ0n) is 3.27. The van der Waals surface area contributed by atoms with Gasteiger partial charge in [-0.1, -0.05) is 0 Å². The van der Waals surface area contributed by atoms with Gasteiger partial charge in [0.1, 0.15) is 0 Å². The number of hydrogen-bond acceptors (Lipinski definition) is 4. The van der Waals surface area contributed by atoms with Crippen molar-refractivity contribution in [3.05, 3.63) is 0 Å². The van der Waals surface area contributed by atoms with Crippen molar-refractivity contribution >= 4 is 21.5 Å². The zero-order valence-corrected chi connectivity index (χ0v) is 7.93. The Kier molecular flexibility index (Phi) is 12.6. The molecule has 7 heavy (non-hydrogen) atoms. The molecule has 0 bridgehead atoms. The number of halogens is 1. The van der Waals surface area contributed by atoms with Crippen LogP contribution in [0.25, 0.3) is 0 Å². The van der Waals surface area contributed by atoms with Crippen molar-refractivity contribution in [1.82, 2.24) is 0 Å². The third-order valence-corrected chi connectivity index (χ3v) is 0. The summed E-state index contributed by atoms with van der Waals surface area (Å²) in [7, 11) is -4.61. The molecule has 1 radical (unpaired) electrons. The molecular weight excluding hydrogens is 216 g/mol. The topological polar surface area (TPSA) is 80.9 Å². The van der Waals surface area contributed by atoms with Crippen LogP contribution in [0.4, 0.5) is 0 Å². The Bertz CT molecular complexity index is 27.2. The maximum Gasteiger partial charge on any atom is 0.668 e. The van der Waals surface area contributed by atoms with Gasteiger partial charge in [0.25, 0.3) is 0 Å². The van der Waals surface area contributed by atoms with Crippen LogP contribution in [0.5, 0.6) is 0 Å². The summed E-state index contributed by atoms with van der Waals surface area (Å²) < 4.78 is 0. The van der Waals surface area contributed by atoms with Crippen LogP contribution in [0.1, 0.15) is 0 Å². The van der Waals surface area contributed by atoms with Crippen molar-refractivity contribution in [1.29, 1.82) is 0 Å². The largest absolute Gasteiger partial charge is 0.668 e. The Hall–Kier alpha value is 1.45. The normalized spacial score (nSPS) is 8.57. The Labute approximate surface area is 73.0 Å². The second kappa shape index (κ2) is 5.58. The van der Waals surface area contributed by atoms with Gasteiger partial charge in [0, 0.05) is 32.7 Å². The molecule has 0 aliphatic carbocycles. The summed E-state index contributed by atoms with van der Waals surface area (Å²) >= 11 is 0. The van der Waals surface area contributed by atoms with Crippen molar-refractivity contribution < 1.29 is 51.9 Å². The molecule has 4 N–H and O–H groups in total. The van der Waals surface area contributed by atoms with E-state index >= 15 is 0 Å². The molecule has 43 valence electrons. The molecule has 0 saturated carbocycles. The molecule has 0 fully saturated rings. The van der Waals surface area contributed by atoms with Crippen molar-refractivity contribution in [2.24, 2.45) is 0 Å². The first-order valence-electron chi connectivity index (χ1n) is 0.894. The molecule has 0 spiro atoms. The van der Waals surface area contributed by atoms with Crippen molar-refractivity contribution in [2.45, 2.75) is 0 Å². The molecule has 0 amide bonds. The van der Waals surface area contributed by atoms with Crippen molar-refractivity contribution in [2.75, 3.05) is 0 Å². The van der Waals surface area contributed by atoms with E-state index in [-0.39, 0.29) is 45.1 Å². The Morgan fingerprint density at radius 3 is 0.857 bits per heavy atom. The number of rotatable bonds is 0. The minimum absolute atomic E-state index is 0. The van der Waals surface area contributed by atoms with Crippen molar-refractivity contribution in [3.8, 4) is 0 Å². The minimum atomic E-state index is -4.61. The quantitative estimate of drug-likeness (QED) is 0.350. The summed E-state index contributed by atoms with van der Waals surface area (Å²) in [5, 5.41) is 0. The molecule has 7 heteroatoms. The fraction of sp³-hybridized carbons (Fsp3) is 0. The molecule has 0 saturated heterocycles. The SMILES string of the molecule is Cl.O[Si](O)(O)O.[Y]. The van der Waals surface area contributed by atoms with E-state index in [0.717, 1.165) is 0 Å². The standard InChI is InChI=1S/ClH.H4O4Si.Y/c;1-5(2,3)4;/h1H;1-4H;. The summed E-state index contributed by atoms with van der Waals surface area (Å²) in [5.41, 5.74) is 0. The molecule has 0 aromatic rings. The fourth-order valence-electron chi connectivity index (χ4n) is 0. The summed E-state index contributed by atoms with van der Waals surface area (Å²) in [5.74, 6) is 0. The third-order valence-electron chi connectivity index (χ3n) is 0. The van der Waals surface area contributed by atoms with Gasteiger partial charge >= 0.3 is 9.05 Å². The average Bonchev–Trinajstić information content (AvgIpc) is 0.722. The molecule has 0 aromatic carbocycles. The van der Waals surface area contributed by atoms with Gasteiger partial charge in [0.05, 0.1) is 0 Å². The second-order valence-corrected chi connectivity index (χ2v) is 1.80. The van der Waals surface area contributed by atoms with Gasteiger partial charge < -0.3 is 19.2 Å².